The number of hydrogen-bond donors (Lipinski definition) is 0. The van der Waals surface area contributed by atoms with Gasteiger partial charge in [-0.3, -0.25) is 4.99 Å². The van der Waals surface area contributed by atoms with Crippen molar-refractivity contribution in [2.45, 2.75) is 25.7 Å². The molecule has 0 unspecified atom stereocenters. The predicted octanol–water partition coefficient (Wildman–Crippen LogP) is 5.14. The van der Waals surface area contributed by atoms with Crippen molar-refractivity contribution in [3.05, 3.63) is 82.9 Å². The van der Waals surface area contributed by atoms with Gasteiger partial charge in [-0.2, -0.15) is 8.42 Å². The number of rotatable bonds is 6. The summed E-state index contributed by atoms with van der Waals surface area (Å²) in [7, 11) is -2.49. The summed E-state index contributed by atoms with van der Waals surface area (Å²) in [5, 5.41) is 0. The average Bonchev–Trinajstić information content (AvgIpc) is 2.69. The smallest absolute Gasteiger partial charge is 0.339 e. The van der Waals surface area contributed by atoms with Crippen molar-refractivity contribution in [2.75, 3.05) is 7.11 Å². The molecule has 0 N–H and O–H groups in total. The molecule has 0 amide bonds. The van der Waals surface area contributed by atoms with Gasteiger partial charge >= 0.3 is 10.1 Å². The summed E-state index contributed by atoms with van der Waals surface area (Å²) in [4.78, 5) is 4.56. The zero-order valence-corrected chi connectivity index (χ0v) is 17.7. The van der Waals surface area contributed by atoms with Gasteiger partial charge < -0.3 is 8.92 Å². The minimum Gasteiger partial charge on any atom is -0.493 e. The second-order valence-corrected chi connectivity index (χ2v) is 8.33. The number of ether oxygens (including phenoxy) is 1. The molecule has 0 aromatic heterocycles. The second-order valence-electron chi connectivity index (χ2n) is 6.79. The molecule has 0 atom stereocenters. The maximum Gasteiger partial charge on any atom is 0.339 e. The highest BCUT2D eigenvalue weighted by molar-refractivity contribution is 7.87. The van der Waals surface area contributed by atoms with Crippen LogP contribution >= 0.6 is 0 Å². The molecular formula is C23H23NO4S. The first kappa shape index (κ1) is 20.6. The van der Waals surface area contributed by atoms with Crippen LogP contribution in [0.2, 0.25) is 0 Å². The molecule has 0 saturated heterocycles. The van der Waals surface area contributed by atoms with E-state index in [0.717, 1.165) is 16.8 Å². The molecule has 150 valence electrons. The Hall–Kier alpha value is -3.12. The number of nitrogens with zero attached hydrogens (tertiary/aromatic N) is 1. The van der Waals surface area contributed by atoms with E-state index in [-0.39, 0.29) is 10.6 Å². The lowest BCUT2D eigenvalue weighted by Crippen LogP contribution is -2.10. The van der Waals surface area contributed by atoms with Crippen LogP contribution in [0.1, 0.15) is 22.3 Å². The first-order valence-corrected chi connectivity index (χ1v) is 10.5. The van der Waals surface area contributed by atoms with E-state index in [0.29, 0.717) is 5.75 Å². The zero-order chi connectivity index (χ0) is 21.0. The van der Waals surface area contributed by atoms with Crippen LogP contribution in [0.15, 0.2) is 70.6 Å². The molecule has 3 aromatic carbocycles. The van der Waals surface area contributed by atoms with Gasteiger partial charge in [0.25, 0.3) is 0 Å². The van der Waals surface area contributed by atoms with E-state index < -0.39 is 10.1 Å². The van der Waals surface area contributed by atoms with Crippen LogP contribution < -0.4 is 8.92 Å². The van der Waals surface area contributed by atoms with Gasteiger partial charge in [0.15, 0.2) is 11.5 Å². The molecule has 29 heavy (non-hydrogen) atoms. The number of aliphatic imine (C=N–C) groups is 1. The molecule has 0 radical (unpaired) electrons. The fraction of sp³-hybridized carbons (Fsp3) is 0.174. The zero-order valence-electron chi connectivity index (χ0n) is 16.8. The topological polar surface area (TPSA) is 65.0 Å². The molecule has 0 bridgehead atoms. The van der Waals surface area contributed by atoms with E-state index in [4.69, 9.17) is 8.92 Å². The summed E-state index contributed by atoms with van der Waals surface area (Å²) in [6.45, 7) is 5.98. The molecule has 0 fully saturated rings. The summed E-state index contributed by atoms with van der Waals surface area (Å²) in [5.74, 6) is 0.432. The van der Waals surface area contributed by atoms with E-state index in [9.17, 15) is 8.42 Å². The Morgan fingerprint density at radius 1 is 0.828 bits per heavy atom. The summed E-state index contributed by atoms with van der Waals surface area (Å²) >= 11 is 0. The predicted molar refractivity (Wildman–Crippen MR) is 115 cm³/mol. The number of hydrogen-bond acceptors (Lipinski definition) is 5. The van der Waals surface area contributed by atoms with Gasteiger partial charge in [-0.1, -0.05) is 23.8 Å². The Morgan fingerprint density at radius 2 is 1.55 bits per heavy atom. The van der Waals surface area contributed by atoms with E-state index >= 15 is 0 Å². The van der Waals surface area contributed by atoms with Crippen molar-refractivity contribution in [3.8, 4) is 11.5 Å². The van der Waals surface area contributed by atoms with Crippen LogP contribution in [0.25, 0.3) is 0 Å². The van der Waals surface area contributed by atoms with Crippen LogP contribution in [-0.4, -0.2) is 21.7 Å². The summed E-state index contributed by atoms with van der Waals surface area (Å²) < 4.78 is 35.7. The van der Waals surface area contributed by atoms with Gasteiger partial charge in [0.2, 0.25) is 0 Å². The molecular weight excluding hydrogens is 386 g/mol. The first-order valence-electron chi connectivity index (χ1n) is 9.09. The fourth-order valence-electron chi connectivity index (χ4n) is 2.66. The van der Waals surface area contributed by atoms with E-state index in [1.165, 1.54) is 30.4 Å². The highest BCUT2D eigenvalue weighted by atomic mass is 32.2. The SMILES string of the molecule is COc1cc(C=Nc2ccc(C)c(C)c2)ccc1OS(=O)(=O)c1ccc(C)cc1. The van der Waals surface area contributed by atoms with Crippen LogP contribution in [0.5, 0.6) is 11.5 Å². The average molecular weight is 410 g/mol. The third-order valence-electron chi connectivity index (χ3n) is 4.55. The molecule has 0 aliphatic heterocycles. The van der Waals surface area contributed by atoms with Gasteiger partial charge in [0, 0.05) is 6.21 Å². The standard InChI is InChI=1S/C23H23NO4S/c1-16-5-10-21(11-6-16)29(25,26)28-22-12-8-19(14-23(22)27-4)15-24-20-9-7-17(2)18(3)13-20/h5-15H,1-4H3. The Kier molecular flexibility index (Phi) is 6.03. The fourth-order valence-corrected chi connectivity index (χ4v) is 3.60. The molecule has 0 aliphatic rings. The van der Waals surface area contributed by atoms with Crippen molar-refractivity contribution in [3.63, 3.8) is 0 Å². The summed E-state index contributed by atoms with van der Waals surface area (Å²) in [6.07, 6.45) is 1.70. The maximum atomic E-state index is 12.5. The van der Waals surface area contributed by atoms with Gasteiger partial charge in [0.1, 0.15) is 4.90 Å². The number of aryl methyl sites for hydroxylation is 3. The van der Waals surface area contributed by atoms with Gasteiger partial charge in [-0.05, 0) is 79.9 Å². The van der Waals surface area contributed by atoms with Crippen LogP contribution in [0.3, 0.4) is 0 Å². The molecule has 3 aromatic rings. The van der Waals surface area contributed by atoms with Crippen molar-refractivity contribution >= 4 is 22.0 Å². The Labute approximate surface area is 171 Å². The van der Waals surface area contributed by atoms with Crippen LogP contribution in [0.4, 0.5) is 5.69 Å². The summed E-state index contributed by atoms with van der Waals surface area (Å²) in [5.41, 5.74) is 4.95. The normalized spacial score (nSPS) is 11.6. The maximum absolute atomic E-state index is 12.5. The van der Waals surface area contributed by atoms with Gasteiger partial charge in [-0.15, -0.1) is 0 Å². The monoisotopic (exact) mass is 409 g/mol. The molecule has 3 rings (SSSR count). The Bertz CT molecular complexity index is 1150. The summed E-state index contributed by atoms with van der Waals surface area (Å²) in [6, 6.07) is 17.4. The highest BCUT2D eigenvalue weighted by Crippen LogP contribution is 2.30. The third-order valence-corrected chi connectivity index (χ3v) is 5.80. The molecule has 0 aliphatic carbocycles. The Morgan fingerprint density at radius 3 is 2.21 bits per heavy atom. The van der Waals surface area contributed by atoms with Crippen molar-refractivity contribution < 1.29 is 17.3 Å². The van der Waals surface area contributed by atoms with E-state index in [1.54, 1.807) is 36.5 Å². The number of methoxy groups -OCH3 is 1. The lowest BCUT2D eigenvalue weighted by Gasteiger charge is -2.11. The third kappa shape index (κ3) is 5.03. The van der Waals surface area contributed by atoms with Gasteiger partial charge in [0.05, 0.1) is 12.8 Å². The van der Waals surface area contributed by atoms with Gasteiger partial charge in [-0.25, -0.2) is 0 Å². The molecule has 0 spiro atoms. The largest absolute Gasteiger partial charge is 0.493 e. The van der Waals surface area contributed by atoms with Crippen LogP contribution in [-0.2, 0) is 10.1 Å². The Balaban J connectivity index is 1.84. The highest BCUT2D eigenvalue weighted by Gasteiger charge is 2.19. The molecule has 6 heteroatoms. The van der Waals surface area contributed by atoms with Crippen molar-refractivity contribution in [1.29, 1.82) is 0 Å². The minimum absolute atomic E-state index is 0.0885. The van der Waals surface area contributed by atoms with E-state index in [1.807, 2.05) is 32.0 Å². The van der Waals surface area contributed by atoms with Crippen LogP contribution in [0, 0.1) is 20.8 Å². The lowest BCUT2D eigenvalue weighted by atomic mass is 10.1. The molecule has 5 nitrogen and oxygen atoms in total. The molecule has 0 heterocycles. The first-order chi connectivity index (χ1) is 13.8. The van der Waals surface area contributed by atoms with Crippen molar-refractivity contribution in [1.82, 2.24) is 0 Å². The quantitative estimate of drug-likeness (QED) is 0.418. The second kappa shape index (κ2) is 8.49. The molecule has 0 saturated carbocycles. The minimum atomic E-state index is -3.95. The van der Waals surface area contributed by atoms with Crippen molar-refractivity contribution in [2.24, 2.45) is 4.99 Å². The van der Waals surface area contributed by atoms with E-state index in [2.05, 4.69) is 11.9 Å². The number of benzene rings is 3. The lowest BCUT2D eigenvalue weighted by molar-refractivity contribution is 0.390.